The maximum Gasteiger partial charge on any atom is 0.274 e. The molecule has 16 heavy (non-hydrogen) atoms. The molecule has 1 aromatic heterocycles. The molecule has 0 unspecified atom stereocenters. The first-order valence-electron chi connectivity index (χ1n) is 4.42. The van der Waals surface area contributed by atoms with Gasteiger partial charge in [0.1, 0.15) is 11.5 Å². The van der Waals surface area contributed by atoms with Gasteiger partial charge in [0, 0.05) is 5.69 Å². The number of H-pyrrole nitrogens is 1. The zero-order valence-electron chi connectivity index (χ0n) is 8.00. The monoisotopic (exact) mass is 283 g/mol. The van der Waals surface area contributed by atoms with Crippen molar-refractivity contribution in [3.05, 3.63) is 46.4 Å². The van der Waals surface area contributed by atoms with Crippen molar-refractivity contribution in [2.24, 2.45) is 0 Å². The van der Waals surface area contributed by atoms with Gasteiger partial charge in [-0.25, -0.2) is 4.39 Å². The van der Waals surface area contributed by atoms with Crippen molar-refractivity contribution >= 4 is 27.5 Å². The predicted molar refractivity (Wildman–Crippen MR) is 60.6 cm³/mol. The van der Waals surface area contributed by atoms with Crippen LogP contribution in [0.25, 0.3) is 0 Å². The molecule has 0 radical (unpaired) electrons. The number of halogens is 2. The van der Waals surface area contributed by atoms with Crippen LogP contribution >= 0.6 is 15.9 Å². The molecule has 0 fully saturated rings. The van der Waals surface area contributed by atoms with Gasteiger partial charge >= 0.3 is 0 Å². The molecule has 82 valence electrons. The number of hydrogen-bond acceptors (Lipinski definition) is 2. The van der Waals surface area contributed by atoms with Crippen molar-refractivity contribution < 1.29 is 9.18 Å². The molecule has 2 aromatic rings. The summed E-state index contributed by atoms with van der Waals surface area (Å²) in [5.74, 6) is -0.781. The number of hydrogen-bond donors (Lipinski definition) is 2. The molecule has 0 bridgehead atoms. The third-order valence-electron chi connectivity index (χ3n) is 1.90. The van der Waals surface area contributed by atoms with Crippen LogP contribution in [0.15, 0.2) is 34.9 Å². The minimum Gasteiger partial charge on any atom is -0.321 e. The summed E-state index contributed by atoms with van der Waals surface area (Å²) >= 11 is 3.17. The minimum atomic E-state index is -0.401. The summed E-state index contributed by atoms with van der Waals surface area (Å²) < 4.78 is 13.4. The van der Waals surface area contributed by atoms with E-state index in [1.165, 1.54) is 24.4 Å². The molecule has 1 heterocycles. The van der Waals surface area contributed by atoms with Crippen molar-refractivity contribution in [2.75, 3.05) is 5.32 Å². The minimum absolute atomic E-state index is 0.296. The summed E-state index contributed by atoms with van der Waals surface area (Å²) in [5.41, 5.74) is 0.691. The number of aromatic amines is 1. The van der Waals surface area contributed by atoms with E-state index < -0.39 is 5.82 Å². The maximum absolute atomic E-state index is 12.9. The zero-order chi connectivity index (χ0) is 11.5. The van der Waals surface area contributed by atoms with Crippen molar-refractivity contribution in [2.45, 2.75) is 0 Å². The third-order valence-corrected chi connectivity index (χ3v) is 2.50. The molecule has 2 N–H and O–H groups in total. The van der Waals surface area contributed by atoms with Crippen LogP contribution in [-0.2, 0) is 0 Å². The van der Waals surface area contributed by atoms with Crippen molar-refractivity contribution in [3.8, 4) is 0 Å². The van der Waals surface area contributed by atoms with Crippen molar-refractivity contribution in [3.63, 3.8) is 0 Å². The summed E-state index contributed by atoms with van der Waals surface area (Å²) in [6.07, 6.45) is 1.47. The van der Waals surface area contributed by atoms with E-state index in [1.54, 1.807) is 6.07 Å². The van der Waals surface area contributed by atoms with Crippen LogP contribution in [0.2, 0.25) is 0 Å². The molecule has 1 amide bonds. The third kappa shape index (κ3) is 2.27. The van der Waals surface area contributed by atoms with Crippen molar-refractivity contribution in [1.82, 2.24) is 10.2 Å². The van der Waals surface area contributed by atoms with Gasteiger partial charge in [0.05, 0.1) is 10.7 Å². The van der Waals surface area contributed by atoms with Crippen LogP contribution in [0.4, 0.5) is 10.1 Å². The Balaban J connectivity index is 2.17. The number of nitrogens with zero attached hydrogens (tertiary/aromatic N) is 1. The Morgan fingerprint density at radius 2 is 2.31 bits per heavy atom. The SMILES string of the molecule is O=C(Nc1cccc(F)c1)c1[nH]ncc1Br. The second kappa shape index (κ2) is 4.44. The Morgan fingerprint density at radius 1 is 1.50 bits per heavy atom. The first-order chi connectivity index (χ1) is 7.66. The first kappa shape index (κ1) is 10.8. The van der Waals surface area contributed by atoms with Gasteiger partial charge in [-0.05, 0) is 34.1 Å². The lowest BCUT2D eigenvalue weighted by molar-refractivity contribution is 0.102. The van der Waals surface area contributed by atoms with Gasteiger partial charge in [0.25, 0.3) is 5.91 Å². The highest BCUT2D eigenvalue weighted by molar-refractivity contribution is 9.10. The summed E-state index contributed by atoms with van der Waals surface area (Å²) in [7, 11) is 0. The Bertz CT molecular complexity index is 526. The Hall–Kier alpha value is -1.69. The second-order valence-electron chi connectivity index (χ2n) is 3.06. The molecule has 0 aliphatic rings. The van der Waals surface area contributed by atoms with Gasteiger partial charge in [-0.3, -0.25) is 9.89 Å². The van der Waals surface area contributed by atoms with E-state index in [0.717, 1.165) is 0 Å². The fraction of sp³-hybridized carbons (Fsp3) is 0. The fourth-order valence-corrected chi connectivity index (χ4v) is 1.56. The molecule has 4 nitrogen and oxygen atoms in total. The molecule has 0 spiro atoms. The maximum atomic E-state index is 12.9. The fourth-order valence-electron chi connectivity index (χ4n) is 1.19. The Morgan fingerprint density at radius 3 is 2.94 bits per heavy atom. The number of rotatable bonds is 2. The van der Waals surface area contributed by atoms with E-state index in [2.05, 4.69) is 31.4 Å². The molecule has 0 saturated carbocycles. The summed E-state index contributed by atoms with van der Waals surface area (Å²) in [5, 5.41) is 8.78. The van der Waals surface area contributed by atoms with Crippen LogP contribution in [0.1, 0.15) is 10.5 Å². The van der Waals surface area contributed by atoms with Gasteiger partial charge < -0.3 is 5.32 Å². The largest absolute Gasteiger partial charge is 0.321 e. The van der Waals surface area contributed by atoms with E-state index >= 15 is 0 Å². The van der Waals surface area contributed by atoms with Crippen LogP contribution in [0, 0.1) is 5.82 Å². The quantitative estimate of drug-likeness (QED) is 0.890. The van der Waals surface area contributed by atoms with E-state index in [9.17, 15) is 9.18 Å². The lowest BCUT2D eigenvalue weighted by Gasteiger charge is -2.03. The van der Waals surface area contributed by atoms with Crippen LogP contribution in [-0.4, -0.2) is 16.1 Å². The number of aromatic nitrogens is 2. The summed E-state index contributed by atoms with van der Waals surface area (Å²) in [6, 6.07) is 5.67. The molecular formula is C10H7BrFN3O. The van der Waals surface area contributed by atoms with Gasteiger partial charge in [-0.15, -0.1) is 0 Å². The summed E-state index contributed by atoms with van der Waals surface area (Å²) in [6.45, 7) is 0. The number of anilines is 1. The van der Waals surface area contributed by atoms with Gasteiger partial charge in [-0.2, -0.15) is 5.10 Å². The highest BCUT2D eigenvalue weighted by atomic mass is 79.9. The van der Waals surface area contributed by atoms with E-state index in [4.69, 9.17) is 0 Å². The average molecular weight is 284 g/mol. The van der Waals surface area contributed by atoms with Gasteiger partial charge in [0.15, 0.2) is 0 Å². The first-order valence-corrected chi connectivity index (χ1v) is 5.22. The standard InChI is InChI=1S/C10H7BrFN3O/c11-8-5-13-15-9(8)10(16)14-7-3-1-2-6(12)4-7/h1-5H,(H,13,15)(H,14,16). The lowest BCUT2D eigenvalue weighted by atomic mass is 10.3. The molecule has 0 aliphatic heterocycles. The lowest BCUT2D eigenvalue weighted by Crippen LogP contribution is -2.13. The molecule has 0 aliphatic carbocycles. The van der Waals surface area contributed by atoms with E-state index in [0.29, 0.717) is 15.9 Å². The Labute approximate surface area is 99.0 Å². The number of carbonyl (C=O) groups excluding carboxylic acids is 1. The molecule has 0 atom stereocenters. The molecule has 6 heteroatoms. The van der Waals surface area contributed by atoms with Gasteiger partial charge in [0.2, 0.25) is 0 Å². The van der Waals surface area contributed by atoms with Gasteiger partial charge in [-0.1, -0.05) is 6.07 Å². The number of benzene rings is 1. The highest BCUT2D eigenvalue weighted by Gasteiger charge is 2.12. The Kier molecular flexibility index (Phi) is 3.00. The van der Waals surface area contributed by atoms with E-state index in [1.807, 2.05) is 0 Å². The number of amides is 1. The topological polar surface area (TPSA) is 57.8 Å². The van der Waals surface area contributed by atoms with Crippen LogP contribution in [0.3, 0.4) is 0 Å². The smallest absolute Gasteiger partial charge is 0.274 e. The number of carbonyl (C=O) groups is 1. The van der Waals surface area contributed by atoms with E-state index in [-0.39, 0.29) is 5.91 Å². The van der Waals surface area contributed by atoms with Crippen LogP contribution < -0.4 is 5.32 Å². The second-order valence-corrected chi connectivity index (χ2v) is 3.91. The normalized spacial score (nSPS) is 10.1. The molecular weight excluding hydrogens is 277 g/mol. The highest BCUT2D eigenvalue weighted by Crippen LogP contribution is 2.15. The summed E-state index contributed by atoms with van der Waals surface area (Å²) in [4.78, 5) is 11.7. The number of nitrogens with one attached hydrogen (secondary N) is 2. The molecule has 1 aromatic carbocycles. The average Bonchev–Trinajstić information content (AvgIpc) is 2.64. The molecule has 2 rings (SSSR count). The van der Waals surface area contributed by atoms with Crippen LogP contribution in [0.5, 0.6) is 0 Å². The predicted octanol–water partition coefficient (Wildman–Crippen LogP) is 2.56. The van der Waals surface area contributed by atoms with Crippen molar-refractivity contribution in [1.29, 1.82) is 0 Å². The zero-order valence-corrected chi connectivity index (χ0v) is 9.58. The molecule has 0 saturated heterocycles.